The van der Waals surface area contributed by atoms with Crippen LogP contribution in [0.2, 0.25) is 0 Å². The molecule has 0 aromatic heterocycles. The van der Waals surface area contributed by atoms with Gasteiger partial charge in [0, 0.05) is 6.42 Å². The molecule has 2 nitrogen and oxygen atoms in total. The molecule has 0 rings (SSSR count). The van der Waals surface area contributed by atoms with Gasteiger partial charge in [-0.05, 0) is 12.7 Å². The Kier molecular flexibility index (Phi) is 29.5. The van der Waals surface area contributed by atoms with Crippen LogP contribution in [0.1, 0.15) is 22.6 Å². The molecule has 0 amide bonds. The van der Waals surface area contributed by atoms with Gasteiger partial charge >= 0.3 is 43.7 Å². The molecule has 0 fully saturated rings. The molecule has 0 saturated heterocycles. The van der Waals surface area contributed by atoms with E-state index in [0.717, 1.165) is 6.42 Å². The fraction of sp³-hybridized carbons (Fsp3) is 0.800. The van der Waals surface area contributed by atoms with Gasteiger partial charge < -0.3 is 7.96 Å². The van der Waals surface area contributed by atoms with E-state index in [1.165, 1.54) is 0 Å². The third kappa shape index (κ3) is 27.3. The molecule has 0 aromatic carbocycles. The minimum absolute atomic E-state index is 0. The third-order valence-corrected chi connectivity index (χ3v) is 0.464. The molecule has 54 valence electrons. The van der Waals surface area contributed by atoms with Crippen LogP contribution in [-0.4, -0.2) is 55.1 Å². The summed E-state index contributed by atoms with van der Waals surface area (Å²) in [5.41, 5.74) is 0. The number of carboxylic acids is 1. The maximum Gasteiger partial charge on any atom is 2.00 e. The van der Waals surface area contributed by atoms with Crippen molar-refractivity contribution in [3.8, 4) is 0 Å². The monoisotopic (exact) mass is 178 g/mol. The molecule has 0 aromatic rings. The van der Waals surface area contributed by atoms with E-state index in [0.29, 0.717) is 6.42 Å². The first kappa shape index (κ1) is 16.6. The largest absolute Gasteiger partial charge is 2.00 e. The number of rotatable bonds is 2. The predicted octanol–water partition coefficient (Wildman–Crippen LogP) is 1.26. The van der Waals surface area contributed by atoms with Crippen molar-refractivity contribution in [3.05, 3.63) is 0 Å². The van der Waals surface area contributed by atoms with Crippen molar-refractivity contribution >= 4 is 56.3 Å². The first-order chi connectivity index (χ1) is 3.77. The number of carboxylic acid groups (broad SMARTS) is 1. The van der Waals surface area contributed by atoms with Crippen LogP contribution in [0.25, 0.3) is 0 Å². The van der Waals surface area contributed by atoms with Crippen molar-refractivity contribution in [1.82, 2.24) is 0 Å². The van der Waals surface area contributed by atoms with Crippen molar-refractivity contribution in [2.75, 3.05) is 6.26 Å². The van der Waals surface area contributed by atoms with E-state index in [-0.39, 0.29) is 40.6 Å². The van der Waals surface area contributed by atoms with Gasteiger partial charge in [-0.2, -0.15) is 12.6 Å². The Hall–Kier alpha value is 1.08. The average molecular weight is 178 g/mol. The van der Waals surface area contributed by atoms with Crippen LogP contribution < -0.4 is 0 Å². The molecule has 0 radical (unpaired) electrons. The summed E-state index contributed by atoms with van der Waals surface area (Å²) >= 11 is 3.53. The molecule has 4 heteroatoms. The summed E-state index contributed by atoms with van der Waals surface area (Å²) < 4.78 is 0. The van der Waals surface area contributed by atoms with Crippen molar-refractivity contribution < 1.29 is 12.8 Å². The van der Waals surface area contributed by atoms with Crippen molar-refractivity contribution in [1.29, 1.82) is 0 Å². The Balaban J connectivity index is -0.0000000222. The fourth-order valence-electron chi connectivity index (χ4n) is 0.214. The van der Waals surface area contributed by atoms with E-state index in [9.17, 15) is 4.79 Å². The van der Waals surface area contributed by atoms with Crippen LogP contribution in [0, 0.1) is 0 Å². The zero-order valence-corrected chi connectivity index (χ0v) is 9.03. The van der Waals surface area contributed by atoms with E-state index >= 15 is 0 Å². The molecule has 0 spiro atoms. The summed E-state index contributed by atoms with van der Waals surface area (Å²) in [6, 6.07) is 0. The van der Waals surface area contributed by atoms with E-state index < -0.39 is 5.97 Å². The minimum atomic E-state index is -0.711. The molecule has 0 aliphatic heterocycles. The molecule has 1 N–H and O–H groups in total. The van der Waals surface area contributed by atoms with Crippen LogP contribution in [0.5, 0.6) is 0 Å². The zero-order chi connectivity index (χ0) is 6.99. The summed E-state index contributed by atoms with van der Waals surface area (Å²) in [6.07, 6.45) is 2.72. The standard InChI is InChI=1S/C4H8O2.CH4S.Ca.2H/c1-2-3-4(5)6;1-2;;;/h2-3H2,1H3,(H,5,6);2H,1H3;;;/q;;+2;2*-1. The minimum Gasteiger partial charge on any atom is -1.00 e. The SMILES string of the molecule is CCCC(=O)O.CS.[Ca+2].[H-].[H-]. The molecule has 0 aliphatic carbocycles. The van der Waals surface area contributed by atoms with E-state index in [2.05, 4.69) is 12.6 Å². The number of aliphatic carboxylic acids is 1. The Morgan fingerprint density at radius 1 is 1.67 bits per heavy atom. The van der Waals surface area contributed by atoms with Crippen LogP contribution in [0.15, 0.2) is 0 Å². The number of carbonyl (C=O) groups is 1. The third-order valence-electron chi connectivity index (χ3n) is 0.464. The van der Waals surface area contributed by atoms with Gasteiger partial charge in [-0.15, -0.1) is 0 Å². The number of thiol groups is 1. The summed E-state index contributed by atoms with van der Waals surface area (Å²) in [5.74, 6) is -0.711. The first-order valence-electron chi connectivity index (χ1n) is 2.44. The van der Waals surface area contributed by atoms with Crippen molar-refractivity contribution in [2.24, 2.45) is 0 Å². The molecule has 9 heavy (non-hydrogen) atoms. The number of hydrogen-bond donors (Lipinski definition) is 2. The topological polar surface area (TPSA) is 37.3 Å². The summed E-state index contributed by atoms with van der Waals surface area (Å²) in [4.78, 5) is 9.60. The Bertz CT molecular complexity index is 66.4. The Morgan fingerprint density at radius 3 is 2.00 bits per heavy atom. The quantitative estimate of drug-likeness (QED) is 0.493. The van der Waals surface area contributed by atoms with Gasteiger partial charge in [0.1, 0.15) is 0 Å². The van der Waals surface area contributed by atoms with Crippen LogP contribution in [0.4, 0.5) is 0 Å². The summed E-state index contributed by atoms with van der Waals surface area (Å²) in [5, 5.41) is 7.91. The normalized spacial score (nSPS) is 6.11. The van der Waals surface area contributed by atoms with Crippen molar-refractivity contribution in [2.45, 2.75) is 19.8 Å². The Labute approximate surface area is 94.4 Å². The van der Waals surface area contributed by atoms with E-state index in [1.807, 2.05) is 6.92 Å². The van der Waals surface area contributed by atoms with E-state index in [1.54, 1.807) is 6.26 Å². The van der Waals surface area contributed by atoms with Gasteiger partial charge in [0.25, 0.3) is 0 Å². The maximum absolute atomic E-state index is 9.60. The molecule has 0 unspecified atom stereocenters. The van der Waals surface area contributed by atoms with E-state index in [4.69, 9.17) is 5.11 Å². The second kappa shape index (κ2) is 16.0. The van der Waals surface area contributed by atoms with Crippen LogP contribution >= 0.6 is 12.6 Å². The average Bonchev–Trinajstić information content (AvgIpc) is 1.72. The molecule has 0 saturated carbocycles. The zero-order valence-electron chi connectivity index (χ0n) is 7.92. The molecule has 0 aliphatic rings. The number of hydrogen-bond acceptors (Lipinski definition) is 2. The summed E-state index contributed by atoms with van der Waals surface area (Å²) in [6.45, 7) is 1.84. The molecule has 0 heterocycles. The van der Waals surface area contributed by atoms with Gasteiger partial charge in [0.05, 0.1) is 0 Å². The maximum atomic E-state index is 9.60. The van der Waals surface area contributed by atoms with Crippen LogP contribution in [0.3, 0.4) is 0 Å². The predicted molar refractivity (Wildman–Crippen MR) is 45.4 cm³/mol. The molecular formula is C5H14CaO2S. The second-order valence-electron chi connectivity index (χ2n) is 1.14. The first-order valence-corrected chi connectivity index (χ1v) is 3.33. The van der Waals surface area contributed by atoms with Crippen molar-refractivity contribution in [3.63, 3.8) is 0 Å². The fourth-order valence-corrected chi connectivity index (χ4v) is 0.214. The second-order valence-corrected chi connectivity index (χ2v) is 1.14. The Morgan fingerprint density at radius 2 is 2.00 bits per heavy atom. The van der Waals surface area contributed by atoms with Crippen LogP contribution in [-0.2, 0) is 4.79 Å². The summed E-state index contributed by atoms with van der Waals surface area (Å²) in [7, 11) is 0. The molecule has 0 atom stereocenters. The molecular weight excluding hydrogens is 164 g/mol. The van der Waals surface area contributed by atoms with Gasteiger partial charge in [-0.25, -0.2) is 0 Å². The van der Waals surface area contributed by atoms with Gasteiger partial charge in [-0.3, -0.25) is 4.79 Å². The smallest absolute Gasteiger partial charge is 1.00 e. The van der Waals surface area contributed by atoms with Gasteiger partial charge in [-0.1, -0.05) is 6.92 Å². The van der Waals surface area contributed by atoms with Gasteiger partial charge in [0.15, 0.2) is 0 Å². The molecule has 0 bridgehead atoms. The van der Waals surface area contributed by atoms with Gasteiger partial charge in [0.2, 0.25) is 0 Å².